The second kappa shape index (κ2) is 6.33. The summed E-state index contributed by atoms with van der Waals surface area (Å²) >= 11 is 0. The van der Waals surface area contributed by atoms with Gasteiger partial charge in [0.05, 0.1) is 12.5 Å². The van der Waals surface area contributed by atoms with E-state index in [-0.39, 0.29) is 18.4 Å². The molecule has 1 aromatic carbocycles. The Morgan fingerprint density at radius 2 is 2.11 bits per heavy atom. The summed E-state index contributed by atoms with van der Waals surface area (Å²) in [5.41, 5.74) is 0.565. The van der Waals surface area contributed by atoms with Crippen LogP contribution >= 0.6 is 0 Å². The normalized spacial score (nSPS) is 19.9. The summed E-state index contributed by atoms with van der Waals surface area (Å²) < 4.78 is 5.36. The summed E-state index contributed by atoms with van der Waals surface area (Å²) in [4.78, 5) is 23.1. The van der Waals surface area contributed by atoms with Crippen molar-refractivity contribution >= 4 is 11.9 Å². The van der Waals surface area contributed by atoms with E-state index in [9.17, 15) is 14.7 Å². The number of carbonyl (C=O) groups excluding carboxylic acids is 1. The van der Waals surface area contributed by atoms with Crippen LogP contribution in [0.2, 0.25) is 0 Å². The molecule has 5 heteroatoms. The van der Waals surface area contributed by atoms with Crippen LogP contribution in [0.4, 0.5) is 0 Å². The zero-order valence-electron chi connectivity index (χ0n) is 10.5. The van der Waals surface area contributed by atoms with Crippen molar-refractivity contribution in [1.29, 1.82) is 0 Å². The van der Waals surface area contributed by atoms with E-state index in [0.717, 1.165) is 12.8 Å². The Balaban J connectivity index is 1.97. The summed E-state index contributed by atoms with van der Waals surface area (Å²) in [6.45, 7) is 0.680. The molecule has 0 spiro atoms. The number of amides is 1. The molecule has 1 aliphatic heterocycles. The minimum atomic E-state index is -1.06. The topological polar surface area (TPSA) is 75.6 Å². The monoisotopic (exact) mass is 263 g/mol. The summed E-state index contributed by atoms with van der Waals surface area (Å²) in [5, 5.41) is 11.7. The summed E-state index contributed by atoms with van der Waals surface area (Å²) in [6.07, 6.45) is 1.96. The largest absolute Gasteiger partial charge is 0.479 e. The van der Waals surface area contributed by atoms with Gasteiger partial charge in [-0.1, -0.05) is 30.3 Å². The van der Waals surface area contributed by atoms with Gasteiger partial charge in [-0.15, -0.1) is 0 Å². The van der Waals surface area contributed by atoms with Crippen LogP contribution in [0.5, 0.6) is 0 Å². The van der Waals surface area contributed by atoms with Crippen molar-refractivity contribution < 1.29 is 19.4 Å². The van der Waals surface area contributed by atoms with E-state index < -0.39 is 12.0 Å². The van der Waals surface area contributed by atoms with Gasteiger partial charge in [-0.3, -0.25) is 4.79 Å². The standard InChI is InChI=1S/C14H17NO4/c16-12(9-11-7-4-8-19-11)15-13(14(17)18)10-5-2-1-3-6-10/h1-3,5-6,11,13H,4,7-9H2,(H,15,16)(H,17,18)/t11?,13-/m0/s1. The van der Waals surface area contributed by atoms with Gasteiger partial charge in [-0.25, -0.2) is 4.79 Å². The highest BCUT2D eigenvalue weighted by Crippen LogP contribution is 2.17. The van der Waals surface area contributed by atoms with Gasteiger partial charge in [0.25, 0.3) is 0 Å². The number of carboxylic acid groups (broad SMARTS) is 1. The SMILES string of the molecule is O=C(CC1CCCO1)N[C@H](C(=O)O)c1ccccc1. The van der Waals surface area contributed by atoms with Crippen molar-refractivity contribution in [3.63, 3.8) is 0 Å². The lowest BCUT2D eigenvalue weighted by atomic mass is 10.1. The van der Waals surface area contributed by atoms with Gasteiger partial charge in [0.2, 0.25) is 5.91 Å². The summed E-state index contributed by atoms with van der Waals surface area (Å²) in [5.74, 6) is -1.35. The fourth-order valence-corrected chi connectivity index (χ4v) is 2.17. The molecule has 1 unspecified atom stereocenters. The number of aliphatic carboxylic acids is 1. The minimum Gasteiger partial charge on any atom is -0.479 e. The number of carboxylic acids is 1. The second-order valence-corrected chi connectivity index (χ2v) is 4.59. The number of nitrogens with one attached hydrogen (secondary N) is 1. The van der Waals surface area contributed by atoms with Gasteiger partial charge < -0.3 is 15.2 Å². The molecule has 1 amide bonds. The zero-order valence-corrected chi connectivity index (χ0v) is 10.5. The average molecular weight is 263 g/mol. The molecular formula is C14H17NO4. The third-order valence-electron chi connectivity index (χ3n) is 3.12. The molecule has 0 aliphatic carbocycles. The molecular weight excluding hydrogens is 246 g/mol. The van der Waals surface area contributed by atoms with E-state index in [1.807, 2.05) is 0 Å². The zero-order chi connectivity index (χ0) is 13.7. The Labute approximate surface area is 111 Å². The predicted molar refractivity (Wildman–Crippen MR) is 68.6 cm³/mol. The van der Waals surface area contributed by atoms with Crippen LogP contribution < -0.4 is 5.32 Å². The second-order valence-electron chi connectivity index (χ2n) is 4.59. The van der Waals surface area contributed by atoms with E-state index in [1.54, 1.807) is 30.3 Å². The van der Waals surface area contributed by atoms with Gasteiger partial charge in [-0.2, -0.15) is 0 Å². The van der Waals surface area contributed by atoms with Crippen molar-refractivity contribution in [2.75, 3.05) is 6.61 Å². The molecule has 0 bridgehead atoms. The highest BCUT2D eigenvalue weighted by molar-refractivity contribution is 5.84. The fourth-order valence-electron chi connectivity index (χ4n) is 2.17. The van der Waals surface area contributed by atoms with Gasteiger partial charge >= 0.3 is 5.97 Å². The van der Waals surface area contributed by atoms with E-state index in [4.69, 9.17) is 4.74 Å². The number of hydrogen-bond donors (Lipinski definition) is 2. The first-order valence-corrected chi connectivity index (χ1v) is 6.35. The van der Waals surface area contributed by atoms with Gasteiger partial charge in [0.15, 0.2) is 6.04 Å². The van der Waals surface area contributed by atoms with Crippen LogP contribution in [0.15, 0.2) is 30.3 Å². The van der Waals surface area contributed by atoms with Crippen LogP contribution in [0.1, 0.15) is 30.9 Å². The molecule has 2 atom stereocenters. The van der Waals surface area contributed by atoms with Crippen molar-refractivity contribution in [2.24, 2.45) is 0 Å². The number of hydrogen-bond acceptors (Lipinski definition) is 3. The maximum atomic E-state index is 11.8. The number of benzene rings is 1. The maximum Gasteiger partial charge on any atom is 0.330 e. The molecule has 1 saturated heterocycles. The first kappa shape index (κ1) is 13.5. The van der Waals surface area contributed by atoms with E-state index >= 15 is 0 Å². The lowest BCUT2D eigenvalue weighted by molar-refractivity contribution is -0.142. The quantitative estimate of drug-likeness (QED) is 0.844. The summed E-state index contributed by atoms with van der Waals surface area (Å²) in [7, 11) is 0. The number of carbonyl (C=O) groups is 2. The van der Waals surface area contributed by atoms with E-state index in [1.165, 1.54) is 0 Å². The molecule has 102 valence electrons. The van der Waals surface area contributed by atoms with Crippen LogP contribution in [-0.2, 0) is 14.3 Å². The van der Waals surface area contributed by atoms with Crippen LogP contribution in [0.25, 0.3) is 0 Å². The van der Waals surface area contributed by atoms with Crippen LogP contribution in [-0.4, -0.2) is 29.7 Å². The van der Waals surface area contributed by atoms with Gasteiger partial charge in [0, 0.05) is 6.61 Å². The molecule has 0 aromatic heterocycles. The first-order valence-electron chi connectivity index (χ1n) is 6.35. The van der Waals surface area contributed by atoms with Crippen molar-refractivity contribution in [3.05, 3.63) is 35.9 Å². The molecule has 1 aromatic rings. The van der Waals surface area contributed by atoms with E-state index in [0.29, 0.717) is 12.2 Å². The Bertz CT molecular complexity index is 440. The van der Waals surface area contributed by atoms with Crippen molar-refractivity contribution in [2.45, 2.75) is 31.4 Å². The maximum absolute atomic E-state index is 11.8. The summed E-state index contributed by atoms with van der Waals surface area (Å²) in [6, 6.07) is 7.66. The molecule has 1 fully saturated rings. The van der Waals surface area contributed by atoms with E-state index in [2.05, 4.69) is 5.32 Å². The van der Waals surface area contributed by atoms with Gasteiger partial charge in [0.1, 0.15) is 0 Å². The lowest BCUT2D eigenvalue weighted by Gasteiger charge is -2.16. The highest BCUT2D eigenvalue weighted by atomic mass is 16.5. The molecule has 0 saturated carbocycles. The minimum absolute atomic E-state index is 0.0785. The molecule has 19 heavy (non-hydrogen) atoms. The Morgan fingerprint density at radius 1 is 1.37 bits per heavy atom. The third kappa shape index (κ3) is 3.79. The molecule has 1 heterocycles. The molecule has 0 radical (unpaired) electrons. The third-order valence-corrected chi connectivity index (χ3v) is 3.12. The average Bonchev–Trinajstić information content (AvgIpc) is 2.89. The fraction of sp³-hybridized carbons (Fsp3) is 0.429. The van der Waals surface area contributed by atoms with Crippen LogP contribution in [0, 0.1) is 0 Å². The highest BCUT2D eigenvalue weighted by Gasteiger charge is 2.24. The number of rotatable bonds is 5. The van der Waals surface area contributed by atoms with Crippen molar-refractivity contribution in [1.82, 2.24) is 5.32 Å². The Morgan fingerprint density at radius 3 is 2.68 bits per heavy atom. The first-order chi connectivity index (χ1) is 9.16. The molecule has 2 rings (SSSR count). The van der Waals surface area contributed by atoms with Crippen molar-refractivity contribution in [3.8, 4) is 0 Å². The number of ether oxygens (including phenoxy) is 1. The molecule has 5 nitrogen and oxygen atoms in total. The smallest absolute Gasteiger partial charge is 0.330 e. The Hall–Kier alpha value is -1.88. The van der Waals surface area contributed by atoms with Crippen LogP contribution in [0.3, 0.4) is 0 Å². The molecule has 2 N–H and O–H groups in total. The lowest BCUT2D eigenvalue weighted by Crippen LogP contribution is -2.35. The van der Waals surface area contributed by atoms with Gasteiger partial charge in [-0.05, 0) is 18.4 Å². The molecule has 1 aliphatic rings. The predicted octanol–water partition coefficient (Wildman–Crippen LogP) is 1.50. The Kier molecular flexibility index (Phi) is 4.52.